The van der Waals surface area contributed by atoms with Crippen LogP contribution in [-0.4, -0.2) is 32.1 Å². The van der Waals surface area contributed by atoms with Gasteiger partial charge >= 0.3 is 0 Å². The van der Waals surface area contributed by atoms with E-state index in [1.165, 1.54) is 12.1 Å². The number of fused-ring (bicyclic) bond motifs is 1. The van der Waals surface area contributed by atoms with E-state index in [-0.39, 0.29) is 11.9 Å². The molecule has 0 aliphatic carbocycles. The molecule has 0 spiro atoms. The molecule has 0 radical (unpaired) electrons. The summed E-state index contributed by atoms with van der Waals surface area (Å²) in [7, 11) is 0. The number of allylic oxidation sites excluding steroid dienone is 1. The van der Waals surface area contributed by atoms with Gasteiger partial charge in [-0.3, -0.25) is 0 Å². The molecule has 0 saturated carbocycles. The number of halogens is 1. The second kappa shape index (κ2) is 8.99. The van der Waals surface area contributed by atoms with Crippen molar-refractivity contribution in [2.45, 2.75) is 32.2 Å². The first-order valence-electron chi connectivity index (χ1n) is 10.4. The monoisotopic (exact) mass is 419 g/mol. The zero-order valence-electron chi connectivity index (χ0n) is 17.5. The summed E-state index contributed by atoms with van der Waals surface area (Å²) in [5.41, 5.74) is 8.83. The van der Waals surface area contributed by atoms with Crippen LogP contribution in [0.15, 0.2) is 55.0 Å². The van der Waals surface area contributed by atoms with Gasteiger partial charge in [0.1, 0.15) is 11.6 Å². The van der Waals surface area contributed by atoms with Crippen molar-refractivity contribution >= 4 is 12.1 Å². The van der Waals surface area contributed by atoms with E-state index in [0.29, 0.717) is 11.8 Å². The Kier molecular flexibility index (Phi) is 5.97. The average Bonchev–Trinajstić information content (AvgIpc) is 3.35. The van der Waals surface area contributed by atoms with Gasteiger partial charge in [-0.1, -0.05) is 19.6 Å². The quantitative estimate of drug-likeness (QED) is 0.489. The minimum atomic E-state index is -0.274. The van der Waals surface area contributed by atoms with E-state index in [9.17, 15) is 4.39 Å². The zero-order chi connectivity index (χ0) is 21.8. The van der Waals surface area contributed by atoms with Crippen LogP contribution in [0.2, 0.25) is 0 Å². The summed E-state index contributed by atoms with van der Waals surface area (Å²) in [4.78, 5) is 14.0. The van der Waals surface area contributed by atoms with Crippen molar-refractivity contribution in [2.75, 3.05) is 11.9 Å². The molecule has 0 fully saturated rings. The number of nitrogens with one attached hydrogen (secondary N) is 2. The van der Waals surface area contributed by atoms with Gasteiger partial charge in [0, 0.05) is 37.0 Å². The van der Waals surface area contributed by atoms with Gasteiger partial charge in [0.15, 0.2) is 0 Å². The fraction of sp³-hybridized carbons (Fsp3) is 0.261. The van der Waals surface area contributed by atoms with Crippen LogP contribution < -0.4 is 16.4 Å². The maximum atomic E-state index is 13.4. The Morgan fingerprint density at radius 2 is 2.06 bits per heavy atom. The van der Waals surface area contributed by atoms with Crippen molar-refractivity contribution in [3.05, 3.63) is 66.6 Å². The van der Waals surface area contributed by atoms with Gasteiger partial charge in [-0.15, -0.1) is 0 Å². The van der Waals surface area contributed by atoms with Crippen LogP contribution in [0.4, 0.5) is 10.3 Å². The number of anilines is 1. The van der Waals surface area contributed by atoms with Gasteiger partial charge in [0.25, 0.3) is 0 Å². The topological polar surface area (TPSA) is 93.7 Å². The predicted molar refractivity (Wildman–Crippen MR) is 121 cm³/mol. The molecule has 7 nitrogen and oxygen atoms in total. The summed E-state index contributed by atoms with van der Waals surface area (Å²) in [5, 5.41) is 6.45. The SMILES string of the molecule is C=C(N)NCCC(CC)Nc1nccc(-c2c(-c3ccc(F)cc3)nc3n2C=CC3)n1. The van der Waals surface area contributed by atoms with E-state index in [4.69, 9.17) is 15.7 Å². The molecule has 1 unspecified atom stereocenters. The van der Waals surface area contributed by atoms with Crippen LogP contribution >= 0.6 is 0 Å². The zero-order valence-corrected chi connectivity index (χ0v) is 17.5. The summed E-state index contributed by atoms with van der Waals surface area (Å²) < 4.78 is 15.5. The molecular formula is C23H26FN7. The van der Waals surface area contributed by atoms with E-state index >= 15 is 0 Å². The molecule has 160 valence electrons. The van der Waals surface area contributed by atoms with E-state index in [0.717, 1.165) is 54.3 Å². The van der Waals surface area contributed by atoms with Gasteiger partial charge < -0.3 is 20.9 Å². The van der Waals surface area contributed by atoms with E-state index in [1.54, 1.807) is 18.3 Å². The molecule has 0 saturated heterocycles. The first-order chi connectivity index (χ1) is 15.0. The number of hydrogen-bond acceptors (Lipinski definition) is 6. The maximum absolute atomic E-state index is 13.4. The lowest BCUT2D eigenvalue weighted by atomic mass is 10.1. The number of hydrogen-bond donors (Lipinski definition) is 3. The third kappa shape index (κ3) is 4.58. The molecule has 0 amide bonds. The second-order valence-electron chi connectivity index (χ2n) is 7.45. The van der Waals surface area contributed by atoms with Gasteiger partial charge in [-0.25, -0.2) is 19.3 Å². The highest BCUT2D eigenvalue weighted by atomic mass is 19.1. The molecule has 1 aliphatic heterocycles. The van der Waals surface area contributed by atoms with Crippen molar-refractivity contribution in [3.63, 3.8) is 0 Å². The van der Waals surface area contributed by atoms with Gasteiger partial charge in [-0.05, 0) is 43.2 Å². The average molecular weight is 420 g/mol. The number of aromatic nitrogens is 4. The molecule has 1 aromatic carbocycles. The normalized spacial score (nSPS) is 13.1. The Bertz CT molecular complexity index is 1100. The first-order valence-corrected chi connectivity index (χ1v) is 10.4. The van der Waals surface area contributed by atoms with Crippen molar-refractivity contribution in [1.82, 2.24) is 24.8 Å². The number of benzene rings is 1. The van der Waals surface area contributed by atoms with Crippen LogP contribution in [0.1, 0.15) is 25.6 Å². The molecule has 2 aromatic heterocycles. The Morgan fingerprint density at radius 3 is 2.81 bits per heavy atom. The fourth-order valence-electron chi connectivity index (χ4n) is 3.63. The smallest absolute Gasteiger partial charge is 0.223 e. The Hall–Kier alpha value is -3.68. The third-order valence-corrected chi connectivity index (χ3v) is 5.23. The number of nitrogens with two attached hydrogens (primary N) is 1. The minimum absolute atomic E-state index is 0.190. The molecule has 4 N–H and O–H groups in total. The highest BCUT2D eigenvalue weighted by Gasteiger charge is 2.22. The third-order valence-electron chi connectivity index (χ3n) is 5.23. The van der Waals surface area contributed by atoms with Gasteiger partial charge in [-0.2, -0.15) is 0 Å². The number of nitrogens with zero attached hydrogens (tertiary/aromatic N) is 4. The van der Waals surface area contributed by atoms with Crippen molar-refractivity contribution in [3.8, 4) is 22.6 Å². The lowest BCUT2D eigenvalue weighted by molar-refractivity contribution is 0.600. The molecule has 31 heavy (non-hydrogen) atoms. The first kappa shape index (κ1) is 20.6. The maximum Gasteiger partial charge on any atom is 0.223 e. The van der Waals surface area contributed by atoms with Crippen molar-refractivity contribution in [1.29, 1.82) is 0 Å². The fourth-order valence-corrected chi connectivity index (χ4v) is 3.63. The molecular weight excluding hydrogens is 393 g/mol. The Morgan fingerprint density at radius 1 is 1.26 bits per heavy atom. The summed E-state index contributed by atoms with van der Waals surface area (Å²) in [6.45, 7) is 6.48. The summed E-state index contributed by atoms with van der Waals surface area (Å²) in [5.74, 6) is 1.67. The van der Waals surface area contributed by atoms with Crippen LogP contribution in [-0.2, 0) is 6.42 Å². The highest BCUT2D eigenvalue weighted by Crippen LogP contribution is 2.34. The Balaban J connectivity index is 1.64. The molecule has 1 atom stereocenters. The van der Waals surface area contributed by atoms with Crippen LogP contribution in [0, 0.1) is 5.82 Å². The molecule has 1 aliphatic rings. The van der Waals surface area contributed by atoms with Crippen LogP contribution in [0.25, 0.3) is 28.8 Å². The lowest BCUT2D eigenvalue weighted by Gasteiger charge is -2.18. The van der Waals surface area contributed by atoms with Gasteiger partial charge in [0.05, 0.1) is 22.9 Å². The van der Waals surface area contributed by atoms with E-state index in [1.807, 2.05) is 16.8 Å². The molecule has 3 aromatic rings. The van der Waals surface area contributed by atoms with Gasteiger partial charge in [0.2, 0.25) is 5.95 Å². The largest absolute Gasteiger partial charge is 0.386 e. The summed E-state index contributed by atoms with van der Waals surface area (Å²) in [6, 6.07) is 8.44. The van der Waals surface area contributed by atoms with E-state index in [2.05, 4.69) is 35.2 Å². The highest BCUT2D eigenvalue weighted by molar-refractivity contribution is 5.79. The van der Waals surface area contributed by atoms with Crippen molar-refractivity contribution in [2.24, 2.45) is 5.73 Å². The molecule has 0 bridgehead atoms. The molecule has 4 rings (SSSR count). The Labute approximate surface area is 180 Å². The van der Waals surface area contributed by atoms with E-state index < -0.39 is 0 Å². The van der Waals surface area contributed by atoms with Crippen molar-refractivity contribution < 1.29 is 4.39 Å². The summed E-state index contributed by atoms with van der Waals surface area (Å²) >= 11 is 0. The standard InChI is InChI=1S/C23H26FN7/c1-3-18(10-12-26-15(2)25)28-23-27-13-11-19(29-23)22-21(16-6-8-17(24)9-7-16)30-20-5-4-14-31(20)22/h4,6-9,11,13-14,18,26H,2-3,5,10,12,25H2,1H3,(H,27,28,29). The van der Waals surface area contributed by atoms with Crippen LogP contribution in [0.3, 0.4) is 0 Å². The summed E-state index contributed by atoms with van der Waals surface area (Å²) in [6.07, 6.45) is 8.32. The number of rotatable bonds is 9. The number of imidazole rings is 1. The molecule has 8 heteroatoms. The predicted octanol–water partition coefficient (Wildman–Crippen LogP) is 3.77. The minimum Gasteiger partial charge on any atom is -0.386 e. The molecule has 3 heterocycles. The lowest BCUT2D eigenvalue weighted by Crippen LogP contribution is -2.27. The second-order valence-corrected chi connectivity index (χ2v) is 7.45. The van der Waals surface area contributed by atoms with Crippen LogP contribution in [0.5, 0.6) is 0 Å².